The number of methoxy groups -OCH3 is 1. The van der Waals surface area contributed by atoms with Gasteiger partial charge in [0.25, 0.3) is 5.91 Å². The maximum atomic E-state index is 12.7. The summed E-state index contributed by atoms with van der Waals surface area (Å²) in [5, 5.41) is 8.03. The van der Waals surface area contributed by atoms with Crippen LogP contribution in [0, 0.1) is 5.41 Å². The van der Waals surface area contributed by atoms with E-state index in [1.54, 1.807) is 17.9 Å². The van der Waals surface area contributed by atoms with Gasteiger partial charge in [-0.1, -0.05) is 30.3 Å². The summed E-state index contributed by atoms with van der Waals surface area (Å²) in [6.45, 7) is 3.19. The number of piperidine rings is 1. The summed E-state index contributed by atoms with van der Waals surface area (Å²) < 4.78 is 7.25. The number of aryl methyl sites for hydroxylation is 1. The van der Waals surface area contributed by atoms with Crippen LogP contribution >= 0.6 is 0 Å². The average Bonchev–Trinajstić information content (AvgIpc) is 3.38. The number of carbonyl (C=O) groups is 1. The van der Waals surface area contributed by atoms with Gasteiger partial charge in [-0.2, -0.15) is 5.10 Å². The monoisotopic (exact) mass is 382 g/mol. The van der Waals surface area contributed by atoms with E-state index < -0.39 is 0 Å². The molecule has 6 heteroatoms. The van der Waals surface area contributed by atoms with Crippen LogP contribution in [0.3, 0.4) is 0 Å². The van der Waals surface area contributed by atoms with Gasteiger partial charge in [0.2, 0.25) is 0 Å². The minimum absolute atomic E-state index is 0.0333. The van der Waals surface area contributed by atoms with Gasteiger partial charge < -0.3 is 15.0 Å². The SMILES string of the molecule is COCC1(CNC2CC2c2ccccc2)CCN(C(=O)c2ccn(C)n2)CC1. The summed E-state index contributed by atoms with van der Waals surface area (Å²) in [5.74, 6) is 0.664. The van der Waals surface area contributed by atoms with Gasteiger partial charge in [-0.3, -0.25) is 9.48 Å². The minimum Gasteiger partial charge on any atom is -0.384 e. The second kappa shape index (κ2) is 8.05. The number of rotatable bonds is 7. The lowest BCUT2D eigenvalue weighted by Crippen LogP contribution is -2.49. The molecule has 150 valence electrons. The number of nitrogens with one attached hydrogen (secondary N) is 1. The maximum absolute atomic E-state index is 12.7. The zero-order valence-electron chi connectivity index (χ0n) is 16.8. The molecule has 1 saturated heterocycles. The van der Waals surface area contributed by atoms with Crippen LogP contribution in [0.15, 0.2) is 42.6 Å². The Morgan fingerprint density at radius 1 is 1.25 bits per heavy atom. The summed E-state index contributed by atoms with van der Waals surface area (Å²) in [7, 11) is 3.61. The molecule has 1 aromatic carbocycles. The highest BCUT2D eigenvalue weighted by atomic mass is 16.5. The lowest BCUT2D eigenvalue weighted by molar-refractivity contribution is 0.0199. The van der Waals surface area contributed by atoms with Crippen molar-refractivity contribution < 1.29 is 9.53 Å². The predicted octanol–water partition coefficient (Wildman–Crippen LogP) is 2.43. The van der Waals surface area contributed by atoms with E-state index in [4.69, 9.17) is 4.74 Å². The summed E-state index contributed by atoms with van der Waals surface area (Å²) in [4.78, 5) is 14.6. The number of hydrogen-bond donors (Lipinski definition) is 1. The van der Waals surface area contributed by atoms with Crippen molar-refractivity contribution >= 4 is 5.91 Å². The molecule has 28 heavy (non-hydrogen) atoms. The van der Waals surface area contributed by atoms with Gasteiger partial charge in [-0.25, -0.2) is 0 Å². The molecule has 1 aliphatic heterocycles. The first-order valence-electron chi connectivity index (χ1n) is 10.2. The lowest BCUT2D eigenvalue weighted by Gasteiger charge is -2.41. The molecule has 1 saturated carbocycles. The van der Waals surface area contributed by atoms with Crippen LogP contribution in [-0.2, 0) is 11.8 Å². The van der Waals surface area contributed by atoms with E-state index >= 15 is 0 Å². The molecule has 1 N–H and O–H groups in total. The fourth-order valence-corrected chi connectivity index (χ4v) is 4.39. The van der Waals surface area contributed by atoms with Crippen LogP contribution in [0.1, 0.15) is 41.2 Å². The number of aromatic nitrogens is 2. The zero-order valence-corrected chi connectivity index (χ0v) is 16.8. The Hall–Kier alpha value is -2.18. The molecular formula is C22H30N4O2. The highest BCUT2D eigenvalue weighted by molar-refractivity contribution is 5.92. The molecule has 2 aromatic rings. The van der Waals surface area contributed by atoms with Crippen LogP contribution in [0.4, 0.5) is 0 Å². The number of ether oxygens (including phenoxy) is 1. The van der Waals surface area contributed by atoms with E-state index in [2.05, 4.69) is 40.7 Å². The molecule has 2 fully saturated rings. The lowest BCUT2D eigenvalue weighted by atomic mass is 9.78. The van der Waals surface area contributed by atoms with Gasteiger partial charge >= 0.3 is 0 Å². The van der Waals surface area contributed by atoms with Crippen molar-refractivity contribution in [1.29, 1.82) is 0 Å². The van der Waals surface area contributed by atoms with Gasteiger partial charge in [-0.15, -0.1) is 0 Å². The van der Waals surface area contributed by atoms with E-state index in [9.17, 15) is 4.79 Å². The highest BCUT2D eigenvalue weighted by Gasteiger charge is 2.42. The predicted molar refractivity (Wildman–Crippen MR) is 108 cm³/mol. The van der Waals surface area contributed by atoms with Crippen molar-refractivity contribution in [2.24, 2.45) is 12.5 Å². The molecule has 1 amide bonds. The summed E-state index contributed by atoms with van der Waals surface area (Å²) in [6, 6.07) is 13.1. The van der Waals surface area contributed by atoms with Crippen LogP contribution in [-0.4, -0.2) is 60.0 Å². The van der Waals surface area contributed by atoms with Crippen molar-refractivity contribution in [3.63, 3.8) is 0 Å². The molecule has 2 unspecified atom stereocenters. The first-order chi connectivity index (χ1) is 13.6. The fraction of sp³-hybridized carbons (Fsp3) is 0.545. The standard InChI is InChI=1S/C22H30N4O2/c1-25-11-8-19(24-25)21(27)26-12-9-22(10-13-26,16-28-2)15-23-20-14-18(20)17-6-4-3-5-7-17/h3-8,11,18,20,23H,9-10,12-16H2,1-2H3. The molecule has 1 aromatic heterocycles. The normalized spacial score (nSPS) is 23.6. The average molecular weight is 383 g/mol. The third-order valence-corrected chi connectivity index (χ3v) is 6.25. The topological polar surface area (TPSA) is 59.4 Å². The number of benzene rings is 1. The largest absolute Gasteiger partial charge is 0.384 e. The molecule has 2 aliphatic rings. The van der Waals surface area contributed by atoms with Gasteiger partial charge in [0.1, 0.15) is 5.69 Å². The van der Waals surface area contributed by atoms with E-state index in [1.807, 2.05) is 18.1 Å². The zero-order chi connectivity index (χ0) is 19.6. The second-order valence-electron chi connectivity index (χ2n) is 8.34. The first-order valence-corrected chi connectivity index (χ1v) is 10.2. The Labute approximate surface area is 166 Å². The number of likely N-dealkylation sites (tertiary alicyclic amines) is 1. The molecule has 2 heterocycles. The molecule has 6 nitrogen and oxygen atoms in total. The Bertz CT molecular complexity index is 796. The number of amides is 1. The summed E-state index contributed by atoms with van der Waals surface area (Å²) in [5.41, 5.74) is 2.06. The van der Waals surface area contributed by atoms with Crippen LogP contribution < -0.4 is 5.32 Å². The van der Waals surface area contributed by atoms with Crippen LogP contribution in [0.5, 0.6) is 0 Å². The summed E-state index contributed by atoms with van der Waals surface area (Å²) >= 11 is 0. The molecule has 0 radical (unpaired) electrons. The van der Waals surface area contributed by atoms with Crippen molar-refractivity contribution in [2.45, 2.75) is 31.2 Å². The maximum Gasteiger partial charge on any atom is 0.274 e. The molecule has 4 rings (SSSR count). The quantitative estimate of drug-likeness (QED) is 0.799. The molecule has 2 atom stereocenters. The second-order valence-corrected chi connectivity index (χ2v) is 8.34. The third kappa shape index (κ3) is 4.13. The Morgan fingerprint density at radius 3 is 2.64 bits per heavy atom. The van der Waals surface area contributed by atoms with Crippen molar-refractivity contribution in [2.75, 3.05) is 33.4 Å². The Balaban J connectivity index is 1.31. The van der Waals surface area contributed by atoms with Gasteiger partial charge in [0.15, 0.2) is 0 Å². The fourth-order valence-electron chi connectivity index (χ4n) is 4.39. The third-order valence-electron chi connectivity index (χ3n) is 6.25. The van der Waals surface area contributed by atoms with Crippen LogP contribution in [0.2, 0.25) is 0 Å². The van der Waals surface area contributed by atoms with Gasteiger partial charge in [-0.05, 0) is 30.9 Å². The van der Waals surface area contributed by atoms with E-state index in [0.717, 1.165) is 39.1 Å². The number of nitrogens with zero attached hydrogens (tertiary/aromatic N) is 3. The van der Waals surface area contributed by atoms with Gasteiger partial charge in [0, 0.05) is 57.4 Å². The van der Waals surface area contributed by atoms with Crippen molar-refractivity contribution in [3.05, 3.63) is 53.9 Å². The van der Waals surface area contributed by atoms with Crippen LogP contribution in [0.25, 0.3) is 0 Å². The number of hydrogen-bond acceptors (Lipinski definition) is 4. The number of carbonyl (C=O) groups excluding carboxylic acids is 1. The first kappa shape index (κ1) is 19.2. The van der Waals surface area contributed by atoms with Crippen molar-refractivity contribution in [1.82, 2.24) is 20.0 Å². The molecule has 1 aliphatic carbocycles. The van der Waals surface area contributed by atoms with E-state index in [-0.39, 0.29) is 11.3 Å². The molecule has 0 bridgehead atoms. The summed E-state index contributed by atoms with van der Waals surface area (Å²) in [6.07, 6.45) is 4.93. The van der Waals surface area contributed by atoms with E-state index in [0.29, 0.717) is 17.7 Å². The molecule has 0 spiro atoms. The van der Waals surface area contributed by atoms with Gasteiger partial charge in [0.05, 0.1) is 6.61 Å². The Morgan fingerprint density at radius 2 is 2.00 bits per heavy atom. The van der Waals surface area contributed by atoms with E-state index in [1.165, 1.54) is 12.0 Å². The minimum atomic E-state index is 0.0333. The highest BCUT2D eigenvalue weighted by Crippen LogP contribution is 2.42. The molecular weight excluding hydrogens is 352 g/mol. The van der Waals surface area contributed by atoms with Crippen molar-refractivity contribution in [3.8, 4) is 0 Å². The smallest absolute Gasteiger partial charge is 0.274 e. The Kier molecular flexibility index (Phi) is 5.51.